The summed E-state index contributed by atoms with van der Waals surface area (Å²) in [6.07, 6.45) is 7.84. The Balaban J connectivity index is 2.18. The molecule has 114 valence electrons. The van der Waals surface area contributed by atoms with Gasteiger partial charge in [-0.05, 0) is 63.6 Å². The smallest absolute Gasteiger partial charge is 0.0702 e. The van der Waals surface area contributed by atoms with Crippen molar-refractivity contribution in [2.45, 2.75) is 65.4 Å². The Hall–Kier alpha value is -0.120. The molecule has 1 aliphatic rings. The quantitative estimate of drug-likeness (QED) is 0.700. The molecule has 0 aromatic rings. The van der Waals surface area contributed by atoms with Crippen molar-refractivity contribution in [2.24, 2.45) is 11.1 Å². The van der Waals surface area contributed by atoms with Gasteiger partial charge in [-0.3, -0.25) is 0 Å². The summed E-state index contributed by atoms with van der Waals surface area (Å²) >= 11 is 0. The first kappa shape index (κ1) is 16.9. The second-order valence-corrected chi connectivity index (χ2v) is 6.74. The van der Waals surface area contributed by atoms with Crippen LogP contribution in [0, 0.1) is 5.41 Å². The molecule has 1 rings (SSSR count). The molecule has 19 heavy (non-hydrogen) atoms. The van der Waals surface area contributed by atoms with E-state index in [9.17, 15) is 0 Å². The molecule has 0 amide bonds. The van der Waals surface area contributed by atoms with Crippen LogP contribution in [-0.4, -0.2) is 43.8 Å². The largest absolute Gasteiger partial charge is 0.377 e. The number of nitrogens with two attached hydrogens (primary N) is 1. The zero-order valence-electron chi connectivity index (χ0n) is 13.3. The highest BCUT2D eigenvalue weighted by atomic mass is 16.5. The Labute approximate surface area is 119 Å². The highest BCUT2D eigenvalue weighted by Gasteiger charge is 2.21. The summed E-state index contributed by atoms with van der Waals surface area (Å²) < 4.78 is 5.89. The van der Waals surface area contributed by atoms with E-state index in [0.717, 1.165) is 32.5 Å². The average Bonchev–Trinajstić information content (AvgIpc) is 2.36. The normalized spacial score (nSPS) is 21.8. The second-order valence-electron chi connectivity index (χ2n) is 6.74. The maximum Gasteiger partial charge on any atom is 0.0702 e. The number of nitrogens with zero attached hydrogens (tertiary/aromatic N) is 1. The third-order valence-corrected chi connectivity index (χ3v) is 4.17. The fourth-order valence-corrected chi connectivity index (χ4v) is 2.93. The summed E-state index contributed by atoms with van der Waals surface area (Å²) in [5, 5.41) is 0. The maximum atomic E-state index is 5.89. The van der Waals surface area contributed by atoms with Crippen LogP contribution in [-0.2, 0) is 4.74 Å². The number of ether oxygens (including phenoxy) is 1. The first-order valence-corrected chi connectivity index (χ1v) is 8.11. The van der Waals surface area contributed by atoms with E-state index >= 15 is 0 Å². The Kier molecular flexibility index (Phi) is 7.96. The third kappa shape index (κ3) is 7.28. The van der Waals surface area contributed by atoms with Crippen molar-refractivity contribution in [3.8, 4) is 0 Å². The minimum absolute atomic E-state index is 0.405. The van der Waals surface area contributed by atoms with E-state index in [2.05, 4.69) is 25.7 Å². The maximum absolute atomic E-state index is 5.89. The van der Waals surface area contributed by atoms with Crippen molar-refractivity contribution in [1.29, 1.82) is 0 Å². The molecule has 3 nitrogen and oxygen atoms in total. The predicted molar refractivity (Wildman–Crippen MR) is 82.4 cm³/mol. The summed E-state index contributed by atoms with van der Waals surface area (Å²) in [5.41, 5.74) is 6.07. The molecule has 0 aromatic heterocycles. The first-order valence-electron chi connectivity index (χ1n) is 8.11. The number of piperidine rings is 1. The molecule has 1 unspecified atom stereocenters. The van der Waals surface area contributed by atoms with Crippen LogP contribution in [0.5, 0.6) is 0 Å². The summed E-state index contributed by atoms with van der Waals surface area (Å²) in [5.74, 6) is 0. The van der Waals surface area contributed by atoms with Crippen LogP contribution < -0.4 is 5.73 Å². The van der Waals surface area contributed by atoms with Gasteiger partial charge in [0.2, 0.25) is 0 Å². The topological polar surface area (TPSA) is 38.5 Å². The zero-order valence-corrected chi connectivity index (χ0v) is 13.3. The summed E-state index contributed by atoms with van der Waals surface area (Å²) in [6.45, 7) is 12.2. The van der Waals surface area contributed by atoms with Crippen LogP contribution in [0.3, 0.4) is 0 Å². The first-order chi connectivity index (χ1) is 9.07. The van der Waals surface area contributed by atoms with Gasteiger partial charge in [0, 0.05) is 13.2 Å². The molecular weight excluding hydrogens is 236 g/mol. The highest BCUT2D eigenvalue weighted by Crippen LogP contribution is 2.26. The minimum Gasteiger partial charge on any atom is -0.377 e. The zero-order chi connectivity index (χ0) is 14.1. The van der Waals surface area contributed by atoms with E-state index in [1.165, 1.54) is 38.8 Å². The lowest BCUT2D eigenvalue weighted by Crippen LogP contribution is -2.40. The van der Waals surface area contributed by atoms with Gasteiger partial charge in [-0.1, -0.05) is 20.8 Å². The van der Waals surface area contributed by atoms with E-state index < -0.39 is 0 Å². The van der Waals surface area contributed by atoms with E-state index in [1.807, 2.05) is 0 Å². The van der Waals surface area contributed by atoms with Gasteiger partial charge in [0.05, 0.1) is 6.10 Å². The van der Waals surface area contributed by atoms with Crippen LogP contribution in [0.25, 0.3) is 0 Å². The number of hydrogen-bond acceptors (Lipinski definition) is 3. The van der Waals surface area contributed by atoms with Crippen molar-refractivity contribution in [1.82, 2.24) is 4.90 Å². The molecule has 3 heteroatoms. The lowest BCUT2D eigenvalue weighted by atomic mass is 9.84. The fourth-order valence-electron chi connectivity index (χ4n) is 2.93. The third-order valence-electron chi connectivity index (χ3n) is 4.17. The van der Waals surface area contributed by atoms with Crippen molar-refractivity contribution in [3.05, 3.63) is 0 Å². The SMILES string of the molecule is CCCOC1CCCN(CCCC(C)(C)CCN)C1. The Morgan fingerprint density at radius 2 is 2.11 bits per heavy atom. The molecule has 1 heterocycles. The number of hydrogen-bond donors (Lipinski definition) is 1. The Morgan fingerprint density at radius 1 is 1.32 bits per heavy atom. The molecular formula is C16H34N2O. The van der Waals surface area contributed by atoms with Gasteiger partial charge in [0.15, 0.2) is 0 Å². The monoisotopic (exact) mass is 270 g/mol. The second kappa shape index (κ2) is 8.93. The van der Waals surface area contributed by atoms with Crippen molar-refractivity contribution < 1.29 is 4.74 Å². The van der Waals surface area contributed by atoms with Gasteiger partial charge in [-0.2, -0.15) is 0 Å². The van der Waals surface area contributed by atoms with Crippen molar-refractivity contribution in [2.75, 3.05) is 32.8 Å². The van der Waals surface area contributed by atoms with E-state index in [1.54, 1.807) is 0 Å². The number of rotatable bonds is 9. The molecule has 1 fully saturated rings. The average molecular weight is 270 g/mol. The molecule has 0 radical (unpaired) electrons. The molecule has 2 N–H and O–H groups in total. The van der Waals surface area contributed by atoms with Gasteiger partial charge >= 0.3 is 0 Å². The molecule has 0 aromatic carbocycles. The van der Waals surface area contributed by atoms with Gasteiger partial charge < -0.3 is 15.4 Å². The molecule has 1 atom stereocenters. The predicted octanol–water partition coefficient (Wildman–Crippen LogP) is 3.03. The Bertz CT molecular complexity index is 231. The van der Waals surface area contributed by atoms with E-state index in [4.69, 9.17) is 10.5 Å². The van der Waals surface area contributed by atoms with Crippen LogP contribution in [0.2, 0.25) is 0 Å². The fraction of sp³-hybridized carbons (Fsp3) is 1.00. The summed E-state index contributed by atoms with van der Waals surface area (Å²) in [7, 11) is 0. The number of likely N-dealkylation sites (tertiary alicyclic amines) is 1. The molecule has 0 spiro atoms. The molecule has 1 saturated heterocycles. The van der Waals surface area contributed by atoms with E-state index in [0.29, 0.717) is 11.5 Å². The lowest BCUT2D eigenvalue weighted by molar-refractivity contribution is -0.000925. The van der Waals surface area contributed by atoms with Gasteiger partial charge in [0.1, 0.15) is 0 Å². The van der Waals surface area contributed by atoms with Crippen LogP contribution in [0.1, 0.15) is 59.3 Å². The van der Waals surface area contributed by atoms with Gasteiger partial charge in [0.25, 0.3) is 0 Å². The van der Waals surface area contributed by atoms with Crippen LogP contribution >= 0.6 is 0 Å². The summed E-state index contributed by atoms with van der Waals surface area (Å²) in [4.78, 5) is 2.59. The standard InChI is InChI=1S/C16H34N2O/c1-4-13-19-15-7-5-11-18(14-15)12-6-8-16(2,3)9-10-17/h15H,4-14,17H2,1-3H3. The van der Waals surface area contributed by atoms with Gasteiger partial charge in [-0.25, -0.2) is 0 Å². The van der Waals surface area contributed by atoms with E-state index in [-0.39, 0.29) is 0 Å². The Morgan fingerprint density at radius 3 is 2.79 bits per heavy atom. The molecule has 0 bridgehead atoms. The van der Waals surface area contributed by atoms with Gasteiger partial charge in [-0.15, -0.1) is 0 Å². The highest BCUT2D eigenvalue weighted by molar-refractivity contribution is 4.75. The van der Waals surface area contributed by atoms with Crippen molar-refractivity contribution >= 4 is 0 Å². The molecule has 1 aliphatic heterocycles. The van der Waals surface area contributed by atoms with Crippen LogP contribution in [0.4, 0.5) is 0 Å². The minimum atomic E-state index is 0.405. The summed E-state index contributed by atoms with van der Waals surface area (Å²) in [6, 6.07) is 0. The molecule has 0 saturated carbocycles. The van der Waals surface area contributed by atoms with Crippen LogP contribution in [0.15, 0.2) is 0 Å². The van der Waals surface area contributed by atoms with Crippen molar-refractivity contribution in [3.63, 3.8) is 0 Å². The lowest BCUT2D eigenvalue weighted by Gasteiger charge is -2.33. The molecule has 0 aliphatic carbocycles.